The molecule has 0 saturated heterocycles. The van der Waals surface area contributed by atoms with E-state index in [1.54, 1.807) is 22.3 Å². The average Bonchev–Trinajstić information content (AvgIpc) is 2.53. The molecule has 4 aliphatic carbocycles. The molecule has 0 heteroatoms. The molecule has 0 unspecified atom stereocenters. The van der Waals surface area contributed by atoms with Gasteiger partial charge in [-0.05, 0) is 86.2 Å². The molecule has 0 amide bonds. The molecule has 0 radical (unpaired) electrons. The molecule has 0 aliphatic heterocycles. The molecular weight excluding hydrogens is 264 g/mol. The highest BCUT2D eigenvalue weighted by atomic mass is 14.4. The molecule has 0 spiro atoms. The molecule has 0 aromatic carbocycles. The van der Waals surface area contributed by atoms with Crippen LogP contribution in [0.1, 0.15) is 90.9 Å². The molecule has 22 heavy (non-hydrogen) atoms. The van der Waals surface area contributed by atoms with Gasteiger partial charge < -0.3 is 0 Å². The second-order valence-corrected chi connectivity index (χ2v) is 8.93. The summed E-state index contributed by atoms with van der Waals surface area (Å²) in [5.41, 5.74) is 8.06. The lowest BCUT2D eigenvalue weighted by Crippen LogP contribution is -2.28. The smallest absolute Gasteiger partial charge is 0.0110 e. The van der Waals surface area contributed by atoms with Gasteiger partial charge in [0.15, 0.2) is 0 Å². The van der Waals surface area contributed by atoms with Gasteiger partial charge in [-0.3, -0.25) is 0 Å². The van der Waals surface area contributed by atoms with Crippen LogP contribution in [0.15, 0.2) is 34.4 Å². The van der Waals surface area contributed by atoms with Crippen molar-refractivity contribution in [2.75, 3.05) is 0 Å². The van der Waals surface area contributed by atoms with Crippen LogP contribution in [0.2, 0.25) is 0 Å². The summed E-state index contributed by atoms with van der Waals surface area (Å²) in [4.78, 5) is 0. The Balaban J connectivity index is 1.68. The Kier molecular flexibility index (Phi) is 3.62. The third-order valence-electron chi connectivity index (χ3n) is 7.40. The van der Waals surface area contributed by atoms with E-state index in [0.29, 0.717) is 10.8 Å². The molecule has 2 saturated carbocycles. The third-order valence-corrected chi connectivity index (χ3v) is 7.40. The number of rotatable bonds is 0. The van der Waals surface area contributed by atoms with E-state index >= 15 is 0 Å². The largest absolute Gasteiger partial charge is 0.0640 e. The summed E-state index contributed by atoms with van der Waals surface area (Å²) < 4.78 is 0. The van der Waals surface area contributed by atoms with Gasteiger partial charge in [0.05, 0.1) is 0 Å². The minimum absolute atomic E-state index is 0.545. The van der Waals surface area contributed by atoms with Gasteiger partial charge in [0.25, 0.3) is 0 Å². The van der Waals surface area contributed by atoms with Gasteiger partial charge in [-0.1, -0.05) is 50.0 Å². The Morgan fingerprint density at radius 2 is 1.05 bits per heavy atom. The maximum atomic E-state index is 2.64. The second-order valence-electron chi connectivity index (χ2n) is 8.93. The van der Waals surface area contributed by atoms with Gasteiger partial charge in [0.1, 0.15) is 0 Å². The fraction of sp³-hybridized carbons (Fsp3) is 0.727. The van der Waals surface area contributed by atoms with Crippen LogP contribution in [-0.2, 0) is 0 Å². The van der Waals surface area contributed by atoms with E-state index < -0.39 is 0 Å². The lowest BCUT2D eigenvalue weighted by Gasteiger charge is -2.42. The summed E-state index contributed by atoms with van der Waals surface area (Å²) in [6, 6.07) is 0. The zero-order valence-corrected chi connectivity index (χ0v) is 14.6. The van der Waals surface area contributed by atoms with Crippen molar-refractivity contribution in [3.63, 3.8) is 0 Å². The Morgan fingerprint density at radius 3 is 1.50 bits per heavy atom. The van der Waals surface area contributed by atoms with E-state index in [1.807, 2.05) is 0 Å². The summed E-state index contributed by atoms with van der Waals surface area (Å²) in [5.74, 6) is 0. The van der Waals surface area contributed by atoms with Crippen LogP contribution >= 0.6 is 0 Å². The maximum absolute atomic E-state index is 2.64. The van der Waals surface area contributed by atoms with Crippen LogP contribution in [0.3, 0.4) is 0 Å². The zero-order chi connectivity index (χ0) is 15.2. The van der Waals surface area contributed by atoms with Gasteiger partial charge in [-0.25, -0.2) is 0 Å². The Hall–Kier alpha value is -0.780. The van der Waals surface area contributed by atoms with Gasteiger partial charge in [-0.2, -0.15) is 0 Å². The van der Waals surface area contributed by atoms with E-state index in [9.17, 15) is 0 Å². The quantitative estimate of drug-likeness (QED) is 0.457. The normalized spacial score (nSPS) is 42.1. The van der Waals surface area contributed by atoms with Crippen LogP contribution in [0.5, 0.6) is 0 Å². The minimum Gasteiger partial charge on any atom is -0.0640 e. The van der Waals surface area contributed by atoms with Crippen LogP contribution in [-0.4, -0.2) is 0 Å². The molecule has 0 aromatic rings. The summed E-state index contributed by atoms with van der Waals surface area (Å²) in [6.45, 7) is 5.05. The van der Waals surface area contributed by atoms with E-state index in [1.165, 1.54) is 77.0 Å². The maximum Gasteiger partial charge on any atom is -0.0110 e. The van der Waals surface area contributed by atoms with Crippen molar-refractivity contribution in [1.82, 2.24) is 0 Å². The highest BCUT2D eigenvalue weighted by molar-refractivity contribution is 5.43. The Morgan fingerprint density at radius 1 is 0.591 bits per heavy atom. The molecule has 0 N–H and O–H groups in total. The predicted molar refractivity (Wildman–Crippen MR) is 94.8 cm³/mol. The van der Waals surface area contributed by atoms with Gasteiger partial charge >= 0.3 is 0 Å². The molecule has 0 heterocycles. The molecule has 4 rings (SSSR count). The first kappa shape index (κ1) is 14.8. The van der Waals surface area contributed by atoms with Crippen LogP contribution in [0.4, 0.5) is 0 Å². The number of fused-ring (bicyclic) bond motifs is 2. The van der Waals surface area contributed by atoms with Crippen molar-refractivity contribution in [2.24, 2.45) is 10.8 Å². The third kappa shape index (κ3) is 2.43. The number of hydrogen-bond acceptors (Lipinski definition) is 0. The fourth-order valence-electron chi connectivity index (χ4n) is 5.54. The highest BCUT2D eigenvalue weighted by Gasteiger charge is 2.37. The summed E-state index contributed by atoms with van der Waals surface area (Å²) >= 11 is 0. The van der Waals surface area contributed by atoms with Gasteiger partial charge in [-0.15, -0.1) is 0 Å². The van der Waals surface area contributed by atoms with Crippen molar-refractivity contribution < 1.29 is 0 Å². The summed E-state index contributed by atoms with van der Waals surface area (Å²) in [7, 11) is 0. The Bertz CT molecular complexity index is 509. The van der Waals surface area contributed by atoms with Crippen LogP contribution < -0.4 is 0 Å². The lowest BCUT2D eigenvalue weighted by atomic mass is 9.63. The average molecular weight is 296 g/mol. The number of allylic oxidation sites excluding steroid dienone is 6. The summed E-state index contributed by atoms with van der Waals surface area (Å²) in [5, 5.41) is 0. The molecule has 4 aliphatic rings. The topological polar surface area (TPSA) is 0 Å². The van der Waals surface area contributed by atoms with Crippen molar-refractivity contribution in [3.05, 3.63) is 34.4 Å². The van der Waals surface area contributed by atoms with Crippen molar-refractivity contribution in [2.45, 2.75) is 90.9 Å². The SMILES string of the molecule is C[C@]12CCCCC1=C/C(=C1/C=C3CCCC[C@]3(C)CC1)CC2. The second kappa shape index (κ2) is 5.39. The zero-order valence-electron chi connectivity index (χ0n) is 14.6. The summed E-state index contributed by atoms with van der Waals surface area (Å²) in [6.07, 6.45) is 22.1. The first-order chi connectivity index (χ1) is 10.6. The minimum atomic E-state index is 0.545. The lowest BCUT2D eigenvalue weighted by molar-refractivity contribution is 0.268. The van der Waals surface area contributed by atoms with Crippen molar-refractivity contribution in [1.29, 1.82) is 0 Å². The van der Waals surface area contributed by atoms with E-state index in [2.05, 4.69) is 26.0 Å². The first-order valence-corrected chi connectivity index (χ1v) is 9.73. The van der Waals surface area contributed by atoms with Crippen LogP contribution in [0.25, 0.3) is 0 Å². The molecule has 120 valence electrons. The molecule has 2 fully saturated rings. The van der Waals surface area contributed by atoms with E-state index in [-0.39, 0.29) is 0 Å². The van der Waals surface area contributed by atoms with Crippen LogP contribution in [0, 0.1) is 10.8 Å². The molecule has 0 aromatic heterocycles. The van der Waals surface area contributed by atoms with E-state index in [0.717, 1.165) is 0 Å². The fourth-order valence-corrected chi connectivity index (χ4v) is 5.54. The van der Waals surface area contributed by atoms with Crippen molar-refractivity contribution in [3.8, 4) is 0 Å². The van der Waals surface area contributed by atoms with Gasteiger partial charge in [0, 0.05) is 0 Å². The number of hydrogen-bond donors (Lipinski definition) is 0. The Labute approximate surface area is 136 Å². The van der Waals surface area contributed by atoms with Gasteiger partial charge in [0.2, 0.25) is 0 Å². The van der Waals surface area contributed by atoms with E-state index in [4.69, 9.17) is 0 Å². The standard InChI is InChI=1S/C22H32/c1-21-11-5-3-7-19(21)15-17(9-13-21)18-10-14-22(2)12-6-4-8-20(22)16-18/h15-16H,3-14H2,1-2H3/b18-17+/t21-,22-/m1/s1. The molecule has 0 nitrogen and oxygen atoms in total. The molecular formula is C22H32. The monoisotopic (exact) mass is 296 g/mol. The predicted octanol–water partition coefficient (Wildman–Crippen LogP) is 6.88. The first-order valence-electron chi connectivity index (χ1n) is 9.73. The van der Waals surface area contributed by atoms with Crippen molar-refractivity contribution >= 4 is 0 Å². The molecule has 0 bridgehead atoms. The highest BCUT2D eigenvalue weighted by Crippen LogP contribution is 2.52. The molecule has 2 atom stereocenters.